The molecule has 180 valence electrons. The van der Waals surface area contributed by atoms with E-state index in [2.05, 4.69) is 15.9 Å². The highest BCUT2D eigenvalue weighted by molar-refractivity contribution is 9.10. The highest BCUT2D eigenvalue weighted by atomic mass is 79.9. The summed E-state index contributed by atoms with van der Waals surface area (Å²) in [7, 11) is -4.07. The Labute approximate surface area is 219 Å². The third kappa shape index (κ3) is 6.26. The van der Waals surface area contributed by atoms with Gasteiger partial charge in [-0.15, -0.1) is 0 Å². The smallest absolute Gasteiger partial charge is 0.339 e. The van der Waals surface area contributed by atoms with E-state index >= 15 is 0 Å². The summed E-state index contributed by atoms with van der Waals surface area (Å²) in [5.74, 6) is 0.307. The van der Waals surface area contributed by atoms with Gasteiger partial charge < -0.3 is 8.92 Å². The molecule has 0 spiro atoms. The highest BCUT2D eigenvalue weighted by Crippen LogP contribution is 2.34. The van der Waals surface area contributed by atoms with Crippen molar-refractivity contribution in [2.24, 2.45) is 0 Å². The fraction of sp³-hybridized carbons (Fsp3) is 0.0833. The largest absolute Gasteiger partial charge is 0.492 e. The van der Waals surface area contributed by atoms with Gasteiger partial charge in [-0.1, -0.05) is 35.9 Å². The molecule has 0 atom stereocenters. The zero-order valence-corrected chi connectivity index (χ0v) is 21.9. The van der Waals surface area contributed by atoms with Crippen molar-refractivity contribution in [2.75, 3.05) is 13.2 Å². The summed E-state index contributed by atoms with van der Waals surface area (Å²) in [6.45, 7) is 0.297. The summed E-state index contributed by atoms with van der Waals surface area (Å²) in [5.41, 5.74) is 0.583. The number of carbonyl (C=O) groups excluding carboxylic acids is 2. The molecule has 1 fully saturated rings. The number of ether oxygens (including phenoxy) is 1. The molecule has 1 aliphatic rings. The topological polar surface area (TPSA) is 90.0 Å². The van der Waals surface area contributed by atoms with Crippen LogP contribution in [-0.4, -0.2) is 37.6 Å². The lowest BCUT2D eigenvalue weighted by Crippen LogP contribution is -2.32. The van der Waals surface area contributed by atoms with Crippen molar-refractivity contribution in [3.63, 3.8) is 0 Å². The maximum atomic E-state index is 12.7. The van der Waals surface area contributed by atoms with Gasteiger partial charge in [0.2, 0.25) is 0 Å². The molecule has 35 heavy (non-hydrogen) atoms. The molecular weight excluding hydrogens is 578 g/mol. The summed E-state index contributed by atoms with van der Waals surface area (Å²) < 4.78 is 36.2. The standard InChI is InChI=1S/C24H17BrClNO6S2/c25-20-14-16(6-11-21(20)33-35(30,31)19-9-7-17(26)8-10-19)15-22-23(28)27(24(29)34-22)12-13-32-18-4-2-1-3-5-18/h1-11,14-15H,12-13H2/b22-15-. The Kier molecular flexibility index (Phi) is 7.85. The molecule has 1 heterocycles. The number of halogens is 2. The number of rotatable bonds is 8. The number of hydrogen-bond acceptors (Lipinski definition) is 7. The van der Waals surface area contributed by atoms with Crippen molar-refractivity contribution in [3.05, 3.63) is 92.8 Å². The van der Waals surface area contributed by atoms with E-state index in [0.717, 1.165) is 16.7 Å². The minimum absolute atomic E-state index is 0.0391. The Morgan fingerprint density at radius 2 is 1.71 bits per heavy atom. The van der Waals surface area contributed by atoms with E-state index in [1.54, 1.807) is 30.3 Å². The number of benzene rings is 3. The Balaban J connectivity index is 1.43. The summed E-state index contributed by atoms with van der Waals surface area (Å²) in [5, 5.41) is 0.0219. The van der Waals surface area contributed by atoms with Crippen molar-refractivity contribution < 1.29 is 26.9 Å². The lowest BCUT2D eigenvalue weighted by Gasteiger charge is -2.13. The van der Waals surface area contributed by atoms with E-state index in [-0.39, 0.29) is 33.9 Å². The van der Waals surface area contributed by atoms with E-state index in [1.165, 1.54) is 30.3 Å². The average Bonchev–Trinajstić information content (AvgIpc) is 3.09. The Hall–Kier alpha value is -2.79. The molecule has 3 aromatic rings. The van der Waals surface area contributed by atoms with Gasteiger partial charge in [0.05, 0.1) is 15.9 Å². The first-order chi connectivity index (χ1) is 16.7. The number of para-hydroxylation sites is 1. The third-order valence-electron chi connectivity index (χ3n) is 4.76. The number of carbonyl (C=O) groups is 2. The van der Waals surface area contributed by atoms with Crippen LogP contribution in [0.4, 0.5) is 4.79 Å². The van der Waals surface area contributed by atoms with Gasteiger partial charge >= 0.3 is 10.1 Å². The SMILES string of the molecule is O=C1S/C(=C\c2ccc(OS(=O)(=O)c3ccc(Cl)cc3)c(Br)c2)C(=O)N1CCOc1ccccc1. The quantitative estimate of drug-likeness (QED) is 0.234. The first-order valence-corrected chi connectivity index (χ1v) is 13.6. The first kappa shape index (κ1) is 25.3. The number of nitrogens with zero attached hydrogens (tertiary/aromatic N) is 1. The van der Waals surface area contributed by atoms with Gasteiger partial charge in [0.1, 0.15) is 17.3 Å². The van der Waals surface area contributed by atoms with E-state index < -0.39 is 16.0 Å². The molecule has 7 nitrogen and oxygen atoms in total. The van der Waals surface area contributed by atoms with E-state index in [1.807, 2.05) is 18.2 Å². The average molecular weight is 595 g/mol. The van der Waals surface area contributed by atoms with Crippen LogP contribution in [0.25, 0.3) is 6.08 Å². The molecule has 4 rings (SSSR count). The Morgan fingerprint density at radius 3 is 2.40 bits per heavy atom. The molecule has 11 heteroatoms. The van der Waals surface area contributed by atoms with Gasteiger partial charge in [-0.25, -0.2) is 0 Å². The predicted molar refractivity (Wildman–Crippen MR) is 138 cm³/mol. The second-order valence-electron chi connectivity index (χ2n) is 7.18. The van der Waals surface area contributed by atoms with Gasteiger partial charge in [-0.05, 0) is 87.9 Å². The molecule has 1 saturated heterocycles. The first-order valence-electron chi connectivity index (χ1n) is 10.2. The number of thioether (sulfide) groups is 1. The Morgan fingerprint density at radius 1 is 1.00 bits per heavy atom. The molecule has 3 aromatic carbocycles. The molecule has 0 N–H and O–H groups in total. The highest BCUT2D eigenvalue weighted by Gasteiger charge is 2.34. The van der Waals surface area contributed by atoms with Crippen LogP contribution in [0.15, 0.2) is 87.1 Å². The van der Waals surface area contributed by atoms with Gasteiger partial charge in [-0.2, -0.15) is 8.42 Å². The van der Waals surface area contributed by atoms with Crippen molar-refractivity contribution in [1.29, 1.82) is 0 Å². The molecule has 1 aliphatic heterocycles. The summed E-state index contributed by atoms with van der Waals surface area (Å²) in [6, 6.07) is 19.4. The third-order valence-corrected chi connectivity index (χ3v) is 7.78. The van der Waals surface area contributed by atoms with Gasteiger partial charge in [0, 0.05) is 5.02 Å². The summed E-state index contributed by atoms with van der Waals surface area (Å²) in [4.78, 5) is 26.4. The maximum Gasteiger partial charge on any atom is 0.339 e. The van der Waals surface area contributed by atoms with Crippen LogP contribution in [0, 0.1) is 0 Å². The van der Waals surface area contributed by atoms with Crippen LogP contribution in [0.2, 0.25) is 5.02 Å². The maximum absolute atomic E-state index is 12.7. The normalized spacial score (nSPS) is 15.0. The molecule has 2 amide bonds. The lowest BCUT2D eigenvalue weighted by molar-refractivity contribution is -0.123. The van der Waals surface area contributed by atoms with E-state index in [4.69, 9.17) is 20.5 Å². The minimum Gasteiger partial charge on any atom is -0.492 e. The van der Waals surface area contributed by atoms with Crippen LogP contribution in [-0.2, 0) is 14.9 Å². The van der Waals surface area contributed by atoms with E-state index in [0.29, 0.717) is 20.8 Å². The van der Waals surface area contributed by atoms with Crippen LogP contribution in [0.3, 0.4) is 0 Å². The van der Waals surface area contributed by atoms with Crippen molar-refractivity contribution in [1.82, 2.24) is 4.90 Å². The minimum atomic E-state index is -4.07. The van der Waals surface area contributed by atoms with Gasteiger partial charge in [0.15, 0.2) is 5.75 Å². The van der Waals surface area contributed by atoms with E-state index in [9.17, 15) is 18.0 Å². The molecule has 0 unspecified atom stereocenters. The monoisotopic (exact) mass is 593 g/mol. The zero-order chi connectivity index (χ0) is 25.0. The summed E-state index contributed by atoms with van der Waals surface area (Å²) >= 11 is 9.94. The van der Waals surface area contributed by atoms with Crippen LogP contribution >= 0.6 is 39.3 Å². The second kappa shape index (κ2) is 10.9. The Bertz CT molecular complexity index is 1400. The molecule has 0 bridgehead atoms. The molecule has 0 aliphatic carbocycles. The van der Waals surface area contributed by atoms with Crippen molar-refractivity contribution in [3.8, 4) is 11.5 Å². The van der Waals surface area contributed by atoms with Crippen LogP contribution in [0.5, 0.6) is 11.5 Å². The number of imide groups is 1. The lowest BCUT2D eigenvalue weighted by atomic mass is 10.2. The predicted octanol–water partition coefficient (Wildman–Crippen LogP) is 5.99. The fourth-order valence-electron chi connectivity index (χ4n) is 3.06. The zero-order valence-electron chi connectivity index (χ0n) is 17.9. The van der Waals surface area contributed by atoms with Crippen molar-refractivity contribution >= 4 is 66.6 Å². The van der Waals surface area contributed by atoms with Crippen molar-refractivity contribution in [2.45, 2.75) is 4.90 Å². The second-order valence-corrected chi connectivity index (χ2v) is 11.0. The molecule has 0 aromatic heterocycles. The summed E-state index contributed by atoms with van der Waals surface area (Å²) in [6.07, 6.45) is 1.56. The van der Waals surface area contributed by atoms with Gasteiger partial charge in [0.25, 0.3) is 11.1 Å². The number of hydrogen-bond donors (Lipinski definition) is 0. The van der Waals surface area contributed by atoms with Crippen LogP contribution < -0.4 is 8.92 Å². The molecule has 0 saturated carbocycles. The van der Waals surface area contributed by atoms with Crippen LogP contribution in [0.1, 0.15) is 5.56 Å². The fourth-order valence-corrected chi connectivity index (χ4v) is 5.58. The van der Waals surface area contributed by atoms with Gasteiger partial charge in [-0.3, -0.25) is 14.5 Å². The molecule has 0 radical (unpaired) electrons. The number of amides is 2. The molecular formula is C24H17BrClNO6S2.